The largest absolute Gasteiger partial charge is 0.385 e. The Hall–Kier alpha value is -4.02. The van der Waals surface area contributed by atoms with Crippen LogP contribution < -0.4 is 16.0 Å². The zero-order valence-corrected chi connectivity index (χ0v) is 22.1. The van der Waals surface area contributed by atoms with Gasteiger partial charge in [0.15, 0.2) is 0 Å². The Labute approximate surface area is 222 Å². The fourth-order valence-electron chi connectivity index (χ4n) is 4.28. The van der Waals surface area contributed by atoms with E-state index < -0.39 is 9.84 Å². The highest BCUT2D eigenvalue weighted by atomic mass is 32.2. The molecule has 0 amide bonds. The summed E-state index contributed by atoms with van der Waals surface area (Å²) in [6, 6.07) is 22.5. The number of fused-ring (bicyclic) bond motifs is 2. The molecule has 0 aliphatic heterocycles. The smallest absolute Gasteiger partial charge is 0.148 e. The molecule has 5 aromatic rings. The third kappa shape index (κ3) is 6.64. The number of benzene rings is 3. The van der Waals surface area contributed by atoms with Crippen molar-refractivity contribution in [1.82, 2.24) is 25.1 Å². The third-order valence-electron chi connectivity index (χ3n) is 6.23. The van der Waals surface area contributed by atoms with Gasteiger partial charge in [-0.15, -0.1) is 0 Å². The predicted octanol–water partition coefficient (Wildman–Crippen LogP) is 4.21. The number of aromatic nitrogens is 4. The Morgan fingerprint density at radius 2 is 1.74 bits per heavy atom. The molecule has 0 bridgehead atoms. The van der Waals surface area contributed by atoms with Crippen LogP contribution in [-0.2, 0) is 16.4 Å². The summed E-state index contributed by atoms with van der Waals surface area (Å²) in [7, 11) is -2.92. The molecule has 0 atom stereocenters. The van der Waals surface area contributed by atoms with Gasteiger partial charge in [0.1, 0.15) is 22.0 Å². The highest BCUT2D eigenvalue weighted by Gasteiger charge is 2.08. The lowest BCUT2D eigenvalue weighted by Gasteiger charge is -2.11. The van der Waals surface area contributed by atoms with E-state index in [0.29, 0.717) is 6.54 Å². The summed E-state index contributed by atoms with van der Waals surface area (Å²) in [5, 5.41) is 16.6. The fourth-order valence-corrected chi connectivity index (χ4v) is 4.79. The van der Waals surface area contributed by atoms with Crippen LogP contribution in [0.2, 0.25) is 0 Å². The monoisotopic (exact) mass is 529 g/mol. The molecule has 0 radical (unpaired) electrons. The van der Waals surface area contributed by atoms with E-state index in [0.717, 1.165) is 65.1 Å². The molecule has 3 N–H and O–H groups in total. The molecule has 0 saturated heterocycles. The van der Waals surface area contributed by atoms with Crippen molar-refractivity contribution < 1.29 is 8.42 Å². The van der Waals surface area contributed by atoms with E-state index in [9.17, 15) is 8.42 Å². The van der Waals surface area contributed by atoms with Crippen LogP contribution >= 0.6 is 0 Å². The number of nitrogens with zero attached hydrogens (tertiary/aromatic N) is 4. The van der Waals surface area contributed by atoms with Gasteiger partial charge in [-0.3, -0.25) is 4.68 Å². The van der Waals surface area contributed by atoms with Gasteiger partial charge < -0.3 is 16.0 Å². The van der Waals surface area contributed by atoms with Crippen molar-refractivity contribution in [2.75, 3.05) is 42.3 Å². The highest BCUT2D eigenvalue weighted by Crippen LogP contribution is 2.27. The van der Waals surface area contributed by atoms with Gasteiger partial charge >= 0.3 is 0 Å². The van der Waals surface area contributed by atoms with Crippen LogP contribution in [0.5, 0.6) is 0 Å². The van der Waals surface area contributed by atoms with Crippen molar-refractivity contribution in [3.8, 4) is 0 Å². The van der Waals surface area contributed by atoms with Crippen LogP contribution in [0.25, 0.3) is 21.8 Å². The maximum absolute atomic E-state index is 11.2. The molecule has 38 heavy (non-hydrogen) atoms. The Bertz CT molecular complexity index is 1640. The van der Waals surface area contributed by atoms with Gasteiger partial charge in [0, 0.05) is 41.5 Å². The SMILES string of the molecule is CS(=O)(=O)CCNCCCNc1ccc2c(Nc3ccc4c(cnn4Cc4ccccc4)c3)ncnc2c1. The first-order valence-corrected chi connectivity index (χ1v) is 14.6. The third-order valence-corrected chi connectivity index (χ3v) is 7.17. The molecule has 196 valence electrons. The lowest BCUT2D eigenvalue weighted by atomic mass is 10.2. The van der Waals surface area contributed by atoms with E-state index in [1.54, 1.807) is 6.33 Å². The van der Waals surface area contributed by atoms with E-state index in [1.165, 1.54) is 11.8 Å². The first-order chi connectivity index (χ1) is 18.4. The molecule has 2 aromatic heterocycles. The van der Waals surface area contributed by atoms with Crippen LogP contribution in [0, 0.1) is 0 Å². The van der Waals surface area contributed by atoms with Crippen molar-refractivity contribution in [1.29, 1.82) is 0 Å². The lowest BCUT2D eigenvalue weighted by molar-refractivity contribution is 0.595. The van der Waals surface area contributed by atoms with E-state index in [1.807, 2.05) is 53.3 Å². The van der Waals surface area contributed by atoms with Gasteiger partial charge in [0.25, 0.3) is 0 Å². The Morgan fingerprint density at radius 1 is 0.895 bits per heavy atom. The molecule has 0 aliphatic rings. The average Bonchev–Trinajstić information content (AvgIpc) is 3.30. The minimum absolute atomic E-state index is 0.160. The molecule has 0 spiro atoms. The maximum atomic E-state index is 11.2. The Balaban J connectivity index is 1.21. The van der Waals surface area contributed by atoms with Crippen LogP contribution in [0.1, 0.15) is 12.0 Å². The summed E-state index contributed by atoms with van der Waals surface area (Å²) in [5.74, 6) is 0.903. The molecule has 2 heterocycles. The Morgan fingerprint density at radius 3 is 2.58 bits per heavy atom. The van der Waals surface area contributed by atoms with Crippen molar-refractivity contribution in [3.63, 3.8) is 0 Å². The van der Waals surface area contributed by atoms with Crippen molar-refractivity contribution in [2.24, 2.45) is 0 Å². The molecule has 0 unspecified atom stereocenters. The summed E-state index contributed by atoms with van der Waals surface area (Å²) in [4.78, 5) is 8.93. The minimum atomic E-state index is -2.92. The van der Waals surface area contributed by atoms with E-state index >= 15 is 0 Å². The second kappa shape index (κ2) is 11.6. The number of nitrogens with one attached hydrogen (secondary N) is 3. The Kier molecular flexibility index (Phi) is 7.81. The van der Waals surface area contributed by atoms with Gasteiger partial charge in [0.2, 0.25) is 0 Å². The number of anilines is 3. The van der Waals surface area contributed by atoms with Crippen LogP contribution in [-0.4, -0.2) is 59.8 Å². The standard InChI is InChI=1S/C28H31N7O2S/c1-38(36,37)15-14-29-12-5-13-30-23-8-10-25-26(17-23)31-20-32-28(25)34-24-9-11-27-22(16-24)18-33-35(27)19-21-6-3-2-4-7-21/h2-4,6-11,16-18,20,29-30H,5,12-15,19H2,1H3,(H,31,32,34). The normalized spacial score (nSPS) is 11.7. The fraction of sp³-hybridized carbons (Fsp3) is 0.250. The predicted molar refractivity (Wildman–Crippen MR) is 154 cm³/mol. The number of hydrogen-bond donors (Lipinski definition) is 3. The number of hydrogen-bond acceptors (Lipinski definition) is 8. The summed E-state index contributed by atoms with van der Waals surface area (Å²) >= 11 is 0. The number of sulfone groups is 1. The zero-order valence-electron chi connectivity index (χ0n) is 21.3. The van der Waals surface area contributed by atoms with E-state index in [2.05, 4.69) is 55.3 Å². The summed E-state index contributed by atoms with van der Waals surface area (Å²) < 4.78 is 24.4. The van der Waals surface area contributed by atoms with Crippen LogP contribution in [0.4, 0.5) is 17.2 Å². The van der Waals surface area contributed by atoms with Gasteiger partial charge in [-0.25, -0.2) is 18.4 Å². The number of rotatable bonds is 12. The maximum Gasteiger partial charge on any atom is 0.148 e. The quantitative estimate of drug-likeness (QED) is 0.206. The molecule has 10 heteroatoms. The highest BCUT2D eigenvalue weighted by molar-refractivity contribution is 7.90. The summed E-state index contributed by atoms with van der Waals surface area (Å²) in [6.07, 6.45) is 5.58. The van der Waals surface area contributed by atoms with E-state index in [-0.39, 0.29) is 5.75 Å². The first kappa shape index (κ1) is 25.6. The van der Waals surface area contributed by atoms with Crippen LogP contribution in [0.15, 0.2) is 79.3 Å². The lowest BCUT2D eigenvalue weighted by Crippen LogP contribution is -2.24. The summed E-state index contributed by atoms with van der Waals surface area (Å²) in [5.41, 5.74) is 5.04. The molecular weight excluding hydrogens is 498 g/mol. The second-order valence-corrected chi connectivity index (χ2v) is 11.6. The molecule has 9 nitrogen and oxygen atoms in total. The van der Waals surface area contributed by atoms with Gasteiger partial charge in [-0.1, -0.05) is 30.3 Å². The molecule has 0 saturated carbocycles. The molecule has 0 fully saturated rings. The first-order valence-electron chi connectivity index (χ1n) is 12.6. The van der Waals surface area contributed by atoms with Gasteiger partial charge in [0.05, 0.1) is 29.5 Å². The van der Waals surface area contributed by atoms with Crippen molar-refractivity contribution >= 4 is 48.8 Å². The summed E-state index contributed by atoms with van der Waals surface area (Å²) in [6.45, 7) is 2.72. The second-order valence-electron chi connectivity index (χ2n) is 9.30. The topological polar surface area (TPSA) is 114 Å². The van der Waals surface area contributed by atoms with Crippen molar-refractivity contribution in [3.05, 3.63) is 84.8 Å². The van der Waals surface area contributed by atoms with Crippen LogP contribution in [0.3, 0.4) is 0 Å². The van der Waals surface area contributed by atoms with Gasteiger partial charge in [-0.05, 0) is 54.9 Å². The molecular formula is C28H31N7O2S. The van der Waals surface area contributed by atoms with E-state index in [4.69, 9.17) is 0 Å². The molecule has 5 rings (SSSR count). The van der Waals surface area contributed by atoms with Gasteiger partial charge in [-0.2, -0.15) is 5.10 Å². The van der Waals surface area contributed by atoms with Crippen molar-refractivity contribution in [2.45, 2.75) is 13.0 Å². The molecule has 0 aliphatic carbocycles. The molecule has 3 aromatic carbocycles. The average molecular weight is 530 g/mol. The minimum Gasteiger partial charge on any atom is -0.385 e. The zero-order chi connectivity index (χ0) is 26.4.